The van der Waals surface area contributed by atoms with Crippen LogP contribution in [-0.4, -0.2) is 25.2 Å². The number of carbonyl (C=O) groups excluding carboxylic acids is 2. The first kappa shape index (κ1) is 12.8. The summed E-state index contributed by atoms with van der Waals surface area (Å²) >= 11 is 0. The summed E-state index contributed by atoms with van der Waals surface area (Å²) in [6, 6.07) is 3.62. The van der Waals surface area contributed by atoms with E-state index in [2.05, 4.69) is 10.1 Å². The molecule has 7 heteroatoms. The van der Waals surface area contributed by atoms with Crippen molar-refractivity contribution in [2.75, 3.05) is 18.9 Å². The number of benzene rings is 1. The highest BCUT2D eigenvalue weighted by Gasteiger charge is 2.07. The predicted molar refractivity (Wildman–Crippen MR) is 58.7 cm³/mol. The van der Waals surface area contributed by atoms with Crippen LogP contribution < -0.4 is 16.8 Å². The van der Waals surface area contributed by atoms with E-state index in [-0.39, 0.29) is 24.4 Å². The fourth-order valence-corrected chi connectivity index (χ4v) is 1.10. The first-order valence-electron chi connectivity index (χ1n) is 4.76. The van der Waals surface area contributed by atoms with Crippen LogP contribution in [0.1, 0.15) is 10.4 Å². The van der Waals surface area contributed by atoms with Gasteiger partial charge < -0.3 is 21.5 Å². The van der Waals surface area contributed by atoms with E-state index in [4.69, 9.17) is 11.5 Å². The minimum Gasteiger partial charge on any atom is -0.448 e. The fraction of sp³-hybridized carbons (Fsp3) is 0.200. The Labute approximate surface area is 96.7 Å². The number of nitrogens with one attached hydrogen (secondary N) is 1. The molecule has 0 unspecified atom stereocenters. The second-order valence-electron chi connectivity index (χ2n) is 3.16. The molecule has 0 aliphatic heterocycles. The molecule has 2 amide bonds. The van der Waals surface area contributed by atoms with Crippen LogP contribution in [0.25, 0.3) is 0 Å². The highest BCUT2D eigenvalue weighted by molar-refractivity contribution is 5.95. The molecule has 5 N–H and O–H groups in total. The van der Waals surface area contributed by atoms with Gasteiger partial charge in [-0.15, -0.1) is 0 Å². The third-order valence-electron chi connectivity index (χ3n) is 1.89. The average Bonchev–Trinajstić information content (AvgIpc) is 2.27. The van der Waals surface area contributed by atoms with Crippen LogP contribution in [-0.2, 0) is 4.74 Å². The van der Waals surface area contributed by atoms with Crippen molar-refractivity contribution in [3.63, 3.8) is 0 Å². The fourth-order valence-electron chi connectivity index (χ4n) is 1.10. The van der Waals surface area contributed by atoms with Crippen LogP contribution in [0.15, 0.2) is 18.2 Å². The summed E-state index contributed by atoms with van der Waals surface area (Å²) in [5.74, 6) is -1.02. The maximum Gasteiger partial charge on any atom is 0.404 e. The van der Waals surface area contributed by atoms with Gasteiger partial charge in [-0.3, -0.25) is 4.79 Å². The van der Waals surface area contributed by atoms with Crippen LogP contribution in [0.5, 0.6) is 0 Å². The Balaban J connectivity index is 2.47. The van der Waals surface area contributed by atoms with Crippen molar-refractivity contribution in [1.82, 2.24) is 5.32 Å². The highest BCUT2D eigenvalue weighted by atomic mass is 19.1. The van der Waals surface area contributed by atoms with Gasteiger partial charge in [0.05, 0.1) is 12.2 Å². The third-order valence-corrected chi connectivity index (χ3v) is 1.89. The molecule has 0 fully saturated rings. The number of carbonyl (C=O) groups is 2. The van der Waals surface area contributed by atoms with Gasteiger partial charge >= 0.3 is 6.09 Å². The number of rotatable bonds is 4. The minimum atomic E-state index is -0.912. The van der Waals surface area contributed by atoms with E-state index in [0.717, 1.165) is 6.07 Å². The summed E-state index contributed by atoms with van der Waals surface area (Å²) in [7, 11) is 0. The van der Waals surface area contributed by atoms with Gasteiger partial charge in [-0.1, -0.05) is 0 Å². The minimum absolute atomic E-state index is 0.0300. The van der Waals surface area contributed by atoms with Gasteiger partial charge in [0.1, 0.15) is 12.4 Å². The van der Waals surface area contributed by atoms with E-state index in [1.165, 1.54) is 12.1 Å². The van der Waals surface area contributed by atoms with E-state index in [1.807, 2.05) is 0 Å². The van der Waals surface area contributed by atoms with E-state index >= 15 is 0 Å². The smallest absolute Gasteiger partial charge is 0.404 e. The van der Waals surface area contributed by atoms with Gasteiger partial charge in [0.2, 0.25) is 0 Å². The molecule has 92 valence electrons. The molecule has 0 aliphatic carbocycles. The lowest BCUT2D eigenvalue weighted by Crippen LogP contribution is -2.29. The number of hydrogen-bond donors (Lipinski definition) is 3. The van der Waals surface area contributed by atoms with Crippen LogP contribution >= 0.6 is 0 Å². The van der Waals surface area contributed by atoms with Crippen LogP contribution in [0, 0.1) is 5.82 Å². The van der Waals surface area contributed by atoms with Gasteiger partial charge in [-0.2, -0.15) is 0 Å². The summed E-state index contributed by atoms with van der Waals surface area (Å²) in [4.78, 5) is 21.7. The summed E-state index contributed by atoms with van der Waals surface area (Å²) in [6.45, 7) is 0.0802. The van der Waals surface area contributed by atoms with Crippen molar-refractivity contribution in [3.05, 3.63) is 29.6 Å². The summed E-state index contributed by atoms with van der Waals surface area (Å²) in [6.07, 6.45) is -0.912. The number of nitrogen functional groups attached to an aromatic ring is 1. The third kappa shape index (κ3) is 3.98. The predicted octanol–water partition coefficient (Wildman–Crippen LogP) is 0.233. The van der Waals surface area contributed by atoms with Crippen molar-refractivity contribution in [1.29, 1.82) is 0 Å². The van der Waals surface area contributed by atoms with Gasteiger partial charge in [0.15, 0.2) is 0 Å². The van der Waals surface area contributed by atoms with E-state index in [9.17, 15) is 14.0 Å². The molecule has 0 radical (unpaired) electrons. The monoisotopic (exact) mass is 241 g/mol. The molecule has 0 aliphatic rings. The lowest BCUT2D eigenvalue weighted by molar-refractivity contribution is 0.0937. The Morgan fingerprint density at radius 3 is 2.71 bits per heavy atom. The summed E-state index contributed by atoms with van der Waals surface area (Å²) < 4.78 is 17.2. The van der Waals surface area contributed by atoms with E-state index in [0.29, 0.717) is 0 Å². The lowest BCUT2D eigenvalue weighted by atomic mass is 10.2. The number of hydrogen-bond acceptors (Lipinski definition) is 4. The molecule has 0 bridgehead atoms. The molecule has 0 atom stereocenters. The molecule has 0 spiro atoms. The van der Waals surface area contributed by atoms with Crippen molar-refractivity contribution in [3.8, 4) is 0 Å². The zero-order chi connectivity index (χ0) is 12.8. The number of primary amides is 1. The summed E-state index contributed by atoms with van der Waals surface area (Å²) in [5.41, 5.74) is 10.2. The average molecular weight is 241 g/mol. The molecular weight excluding hydrogens is 229 g/mol. The Morgan fingerprint density at radius 2 is 2.12 bits per heavy atom. The molecule has 17 heavy (non-hydrogen) atoms. The molecule has 0 saturated heterocycles. The van der Waals surface area contributed by atoms with Gasteiger partial charge in [-0.05, 0) is 18.2 Å². The van der Waals surface area contributed by atoms with Crippen molar-refractivity contribution < 1.29 is 18.7 Å². The molecule has 1 rings (SSSR count). The zero-order valence-electron chi connectivity index (χ0n) is 8.90. The highest BCUT2D eigenvalue weighted by Crippen LogP contribution is 2.11. The number of ether oxygens (including phenoxy) is 1. The Kier molecular flexibility index (Phi) is 4.27. The van der Waals surface area contributed by atoms with Gasteiger partial charge in [0, 0.05) is 5.56 Å². The van der Waals surface area contributed by atoms with Gasteiger partial charge in [0.25, 0.3) is 5.91 Å². The lowest BCUT2D eigenvalue weighted by Gasteiger charge is -2.06. The van der Waals surface area contributed by atoms with Crippen LogP contribution in [0.4, 0.5) is 14.9 Å². The Morgan fingerprint density at radius 1 is 1.41 bits per heavy atom. The van der Waals surface area contributed by atoms with Crippen molar-refractivity contribution in [2.24, 2.45) is 5.73 Å². The number of halogens is 1. The maximum atomic E-state index is 12.8. The van der Waals surface area contributed by atoms with E-state index < -0.39 is 17.8 Å². The molecule has 6 nitrogen and oxygen atoms in total. The van der Waals surface area contributed by atoms with Crippen molar-refractivity contribution >= 4 is 17.7 Å². The second kappa shape index (κ2) is 5.69. The number of anilines is 1. The normalized spacial score (nSPS) is 9.71. The maximum absolute atomic E-state index is 12.8. The standard InChI is InChI=1S/C10H12FN3O3/c11-7-2-1-6(5-8(7)12)9(15)14-3-4-17-10(13)16/h1-2,5H,3-4,12H2,(H2,13,16)(H,14,15). The Hall–Kier alpha value is -2.31. The molecule has 1 aromatic carbocycles. The van der Waals surface area contributed by atoms with Crippen molar-refractivity contribution in [2.45, 2.75) is 0 Å². The quantitative estimate of drug-likeness (QED) is 0.518. The van der Waals surface area contributed by atoms with Crippen LogP contribution in [0.3, 0.4) is 0 Å². The van der Waals surface area contributed by atoms with Gasteiger partial charge in [-0.25, -0.2) is 9.18 Å². The summed E-state index contributed by atoms with van der Waals surface area (Å²) in [5, 5.41) is 2.45. The first-order chi connectivity index (χ1) is 8.00. The first-order valence-corrected chi connectivity index (χ1v) is 4.76. The number of amides is 2. The largest absolute Gasteiger partial charge is 0.448 e. The zero-order valence-corrected chi connectivity index (χ0v) is 8.90. The van der Waals surface area contributed by atoms with E-state index in [1.54, 1.807) is 0 Å². The molecule has 0 heterocycles. The molecule has 0 saturated carbocycles. The molecule has 0 aromatic heterocycles. The topological polar surface area (TPSA) is 107 Å². The Bertz CT molecular complexity index is 437. The molecule has 1 aromatic rings. The SMILES string of the molecule is NC(=O)OCCNC(=O)c1ccc(F)c(N)c1. The van der Waals surface area contributed by atoms with Crippen LogP contribution in [0.2, 0.25) is 0 Å². The second-order valence-corrected chi connectivity index (χ2v) is 3.16. The molecular formula is C10H12FN3O3. The number of nitrogens with two attached hydrogens (primary N) is 2.